The van der Waals surface area contributed by atoms with Gasteiger partial charge in [-0.3, -0.25) is 0 Å². The maximum atomic E-state index is 9.21. The summed E-state index contributed by atoms with van der Waals surface area (Å²) in [6.45, 7) is 13.3. The smallest absolute Gasteiger partial charge is 0.139 e. The van der Waals surface area contributed by atoms with E-state index in [2.05, 4.69) is 19.7 Å². The Morgan fingerprint density at radius 2 is 1.71 bits per heavy atom. The molecule has 0 saturated carbocycles. The Kier molecular flexibility index (Phi) is 5.92. The van der Waals surface area contributed by atoms with Gasteiger partial charge in [0, 0.05) is 0 Å². The molecule has 0 heterocycles. The molecule has 14 heavy (non-hydrogen) atoms. The molecule has 0 aromatic carbocycles. The minimum absolute atomic E-state index is 0.0783. The van der Waals surface area contributed by atoms with Gasteiger partial charge in [-0.05, 0) is 12.2 Å². The number of nitrogens with zero attached hydrogens (tertiary/aromatic N) is 1. The van der Waals surface area contributed by atoms with Crippen LogP contribution in [0.4, 0.5) is 0 Å². The van der Waals surface area contributed by atoms with E-state index in [9.17, 15) is 5.11 Å². The van der Waals surface area contributed by atoms with Crippen LogP contribution in [0.15, 0.2) is 37.6 Å². The van der Waals surface area contributed by atoms with Crippen LogP contribution < -0.4 is 0 Å². The van der Waals surface area contributed by atoms with Crippen LogP contribution in [0.25, 0.3) is 0 Å². The van der Waals surface area contributed by atoms with E-state index in [4.69, 9.17) is 5.11 Å². The highest BCUT2D eigenvalue weighted by atomic mass is 16.3. The van der Waals surface area contributed by atoms with Gasteiger partial charge >= 0.3 is 0 Å². The third kappa shape index (κ3) is 4.25. The molecule has 0 radical (unpaired) electrons. The molecule has 3 heteroatoms. The normalized spacial score (nSPS) is 10.9. The van der Waals surface area contributed by atoms with Gasteiger partial charge in [-0.2, -0.15) is 0 Å². The lowest BCUT2D eigenvalue weighted by Gasteiger charge is -2.35. The molecule has 3 nitrogen and oxygen atoms in total. The van der Waals surface area contributed by atoms with Gasteiger partial charge in [-0.1, -0.05) is 19.7 Å². The molecule has 0 aromatic heterocycles. The van der Waals surface area contributed by atoms with Crippen molar-refractivity contribution in [2.45, 2.75) is 0 Å². The largest absolute Gasteiger partial charge is 0.507 e. The van der Waals surface area contributed by atoms with E-state index in [1.807, 2.05) is 0 Å². The topological polar surface area (TPSA) is 40.5 Å². The monoisotopic (exact) mass is 198 g/mol. The Morgan fingerprint density at radius 1 is 1.21 bits per heavy atom. The number of aliphatic hydroxyl groups is 2. The van der Waals surface area contributed by atoms with Crippen molar-refractivity contribution < 1.29 is 14.7 Å². The summed E-state index contributed by atoms with van der Waals surface area (Å²) < 4.78 is 0.527. The minimum atomic E-state index is 0.0783. The molecule has 0 amide bonds. The second-order valence-electron chi connectivity index (χ2n) is 3.46. The van der Waals surface area contributed by atoms with Gasteiger partial charge in [0.2, 0.25) is 0 Å². The van der Waals surface area contributed by atoms with Crippen LogP contribution in [0, 0.1) is 0 Å². The second kappa shape index (κ2) is 6.40. The Labute approximate surface area is 85.9 Å². The molecular formula is C11H20NO2+. The highest BCUT2D eigenvalue weighted by molar-refractivity contribution is 4.82. The van der Waals surface area contributed by atoms with Crippen molar-refractivity contribution in [1.82, 2.24) is 0 Å². The quantitative estimate of drug-likeness (QED) is 0.350. The predicted molar refractivity (Wildman–Crippen MR) is 59.0 cm³/mol. The molecule has 0 rings (SSSR count). The maximum absolute atomic E-state index is 9.21. The van der Waals surface area contributed by atoms with E-state index >= 15 is 0 Å². The van der Waals surface area contributed by atoms with E-state index in [0.717, 1.165) is 0 Å². The SMILES string of the molecule is C=CC[N+](CC=C)(CCO)CC(=C)O. The fourth-order valence-electron chi connectivity index (χ4n) is 1.61. The Hall–Kier alpha value is -1.06. The molecular weight excluding hydrogens is 178 g/mol. The molecule has 80 valence electrons. The molecule has 0 aliphatic carbocycles. The number of hydrogen-bond donors (Lipinski definition) is 2. The fourth-order valence-corrected chi connectivity index (χ4v) is 1.61. The van der Waals surface area contributed by atoms with Crippen molar-refractivity contribution in [3.63, 3.8) is 0 Å². The van der Waals surface area contributed by atoms with Gasteiger partial charge in [0.15, 0.2) is 0 Å². The van der Waals surface area contributed by atoms with E-state index in [1.165, 1.54) is 0 Å². The third-order valence-electron chi connectivity index (χ3n) is 2.13. The first-order chi connectivity index (χ1) is 6.60. The van der Waals surface area contributed by atoms with E-state index < -0.39 is 0 Å². The van der Waals surface area contributed by atoms with Crippen LogP contribution >= 0.6 is 0 Å². The van der Waals surface area contributed by atoms with Gasteiger partial charge in [-0.25, -0.2) is 0 Å². The lowest BCUT2D eigenvalue weighted by Crippen LogP contribution is -2.51. The summed E-state index contributed by atoms with van der Waals surface area (Å²) >= 11 is 0. The molecule has 2 N–H and O–H groups in total. The van der Waals surface area contributed by atoms with Crippen molar-refractivity contribution in [1.29, 1.82) is 0 Å². The first-order valence-electron chi connectivity index (χ1n) is 4.64. The highest BCUT2D eigenvalue weighted by Gasteiger charge is 2.24. The van der Waals surface area contributed by atoms with Crippen LogP contribution in [0.5, 0.6) is 0 Å². The lowest BCUT2D eigenvalue weighted by atomic mass is 10.3. The Balaban J connectivity index is 4.60. The molecule has 0 spiro atoms. The molecule has 0 unspecified atom stereocenters. The zero-order valence-corrected chi connectivity index (χ0v) is 8.65. The molecule has 0 saturated heterocycles. The zero-order chi connectivity index (χ0) is 11.0. The average molecular weight is 198 g/mol. The number of rotatable bonds is 8. The van der Waals surface area contributed by atoms with Crippen molar-refractivity contribution in [2.75, 3.05) is 32.8 Å². The second-order valence-corrected chi connectivity index (χ2v) is 3.46. The maximum Gasteiger partial charge on any atom is 0.139 e. The van der Waals surface area contributed by atoms with Gasteiger partial charge < -0.3 is 14.7 Å². The molecule has 0 fully saturated rings. The fraction of sp³-hybridized carbons (Fsp3) is 0.455. The summed E-state index contributed by atoms with van der Waals surface area (Å²) in [5, 5.41) is 18.2. The first-order valence-corrected chi connectivity index (χ1v) is 4.64. The number of quaternary nitrogens is 1. The summed E-state index contributed by atoms with van der Waals surface area (Å²) in [5.41, 5.74) is 0. The van der Waals surface area contributed by atoms with E-state index in [0.29, 0.717) is 30.7 Å². The summed E-state index contributed by atoms with van der Waals surface area (Å²) in [6.07, 6.45) is 3.56. The van der Waals surface area contributed by atoms with Crippen LogP contribution in [0.3, 0.4) is 0 Å². The van der Waals surface area contributed by atoms with Gasteiger partial charge in [0.1, 0.15) is 18.8 Å². The van der Waals surface area contributed by atoms with Gasteiger partial charge in [-0.15, -0.1) is 0 Å². The molecule has 0 aliphatic rings. The zero-order valence-electron chi connectivity index (χ0n) is 8.65. The first kappa shape index (κ1) is 12.9. The van der Waals surface area contributed by atoms with Gasteiger partial charge in [0.25, 0.3) is 0 Å². The lowest BCUT2D eigenvalue weighted by molar-refractivity contribution is -0.914. The van der Waals surface area contributed by atoms with Crippen molar-refractivity contribution in [3.8, 4) is 0 Å². The summed E-state index contributed by atoms with van der Waals surface area (Å²) in [7, 11) is 0. The van der Waals surface area contributed by atoms with Crippen LogP contribution in [0.1, 0.15) is 0 Å². The average Bonchev–Trinajstić information content (AvgIpc) is 2.03. The van der Waals surface area contributed by atoms with Crippen LogP contribution in [-0.2, 0) is 0 Å². The molecule has 0 aliphatic heterocycles. The van der Waals surface area contributed by atoms with Crippen LogP contribution in [-0.4, -0.2) is 47.5 Å². The van der Waals surface area contributed by atoms with Gasteiger partial charge in [0.05, 0.1) is 19.7 Å². The number of aliphatic hydroxyl groups excluding tert-OH is 2. The van der Waals surface area contributed by atoms with E-state index in [-0.39, 0.29) is 12.4 Å². The highest BCUT2D eigenvalue weighted by Crippen LogP contribution is 2.09. The summed E-state index contributed by atoms with van der Waals surface area (Å²) in [4.78, 5) is 0. The van der Waals surface area contributed by atoms with E-state index in [1.54, 1.807) is 12.2 Å². The van der Waals surface area contributed by atoms with Crippen molar-refractivity contribution in [2.24, 2.45) is 0 Å². The predicted octanol–water partition coefficient (Wildman–Crippen LogP) is 1.24. The third-order valence-corrected chi connectivity index (χ3v) is 2.13. The minimum Gasteiger partial charge on any atom is -0.507 e. The molecule has 0 aromatic rings. The summed E-state index contributed by atoms with van der Waals surface area (Å²) in [5.74, 6) is 0.127. The van der Waals surface area contributed by atoms with Crippen molar-refractivity contribution >= 4 is 0 Å². The number of hydrogen-bond acceptors (Lipinski definition) is 2. The Bertz CT molecular complexity index is 201. The standard InChI is InChI=1S/C11H19NO2/c1-4-6-12(7-5-2,8-9-13)10-11(3)14/h4-5,13H,1-3,6-10H2/p+1. The molecule has 0 atom stereocenters. The van der Waals surface area contributed by atoms with Crippen molar-refractivity contribution in [3.05, 3.63) is 37.6 Å². The van der Waals surface area contributed by atoms with Crippen LogP contribution in [0.2, 0.25) is 0 Å². The molecule has 0 bridgehead atoms. The Morgan fingerprint density at radius 3 is 2.00 bits per heavy atom. The summed E-state index contributed by atoms with van der Waals surface area (Å²) in [6, 6.07) is 0.